The van der Waals surface area contributed by atoms with Gasteiger partial charge in [0.2, 0.25) is 0 Å². The third kappa shape index (κ3) is 8.11. The van der Waals surface area contributed by atoms with Gasteiger partial charge in [-0.05, 0) is 66.2 Å². The molecular formula is C25H21F3N2O5. The average molecular weight is 486 g/mol. The van der Waals surface area contributed by atoms with Gasteiger partial charge in [-0.3, -0.25) is 0 Å². The van der Waals surface area contributed by atoms with Gasteiger partial charge in [-0.25, -0.2) is 9.59 Å². The van der Waals surface area contributed by atoms with E-state index in [2.05, 4.69) is 4.74 Å². The number of nitrogens with two attached hydrogens (primary N) is 2. The van der Waals surface area contributed by atoms with E-state index in [1.807, 2.05) is 0 Å². The SMILES string of the molecule is Nc1ccc(N)c(COC(=O)C=Cc2ccc(OC(=O)c3ccc(OCC(F)(F)F)cc3)cc2)c1. The van der Waals surface area contributed by atoms with Crippen molar-refractivity contribution < 1.29 is 37.0 Å². The molecule has 0 atom stereocenters. The zero-order chi connectivity index (χ0) is 25.4. The van der Waals surface area contributed by atoms with Gasteiger partial charge in [0.05, 0.1) is 5.56 Å². The third-order valence-corrected chi connectivity index (χ3v) is 4.53. The molecule has 0 aromatic heterocycles. The summed E-state index contributed by atoms with van der Waals surface area (Å²) >= 11 is 0. The van der Waals surface area contributed by atoms with E-state index in [1.165, 1.54) is 48.6 Å². The zero-order valence-corrected chi connectivity index (χ0v) is 18.2. The molecule has 0 amide bonds. The number of esters is 2. The third-order valence-electron chi connectivity index (χ3n) is 4.53. The van der Waals surface area contributed by atoms with Crippen LogP contribution < -0.4 is 20.9 Å². The van der Waals surface area contributed by atoms with Crippen molar-refractivity contribution in [3.8, 4) is 11.5 Å². The van der Waals surface area contributed by atoms with Crippen LogP contribution in [0, 0.1) is 0 Å². The Morgan fingerprint density at radius 1 is 0.886 bits per heavy atom. The van der Waals surface area contributed by atoms with Crippen molar-refractivity contribution in [3.63, 3.8) is 0 Å². The van der Waals surface area contributed by atoms with Crippen LogP contribution in [0.1, 0.15) is 21.5 Å². The standard InChI is InChI=1S/C25H21F3N2O5/c26-25(27,28)15-34-20-9-4-17(5-10-20)24(32)35-21-7-1-16(2-8-21)3-12-23(31)33-14-18-13-19(29)6-11-22(18)30/h1-13H,14-15,29-30H2. The van der Waals surface area contributed by atoms with E-state index in [0.717, 1.165) is 0 Å². The fourth-order valence-corrected chi connectivity index (χ4v) is 2.78. The van der Waals surface area contributed by atoms with Crippen LogP contribution in [0.4, 0.5) is 24.5 Å². The minimum atomic E-state index is -4.45. The molecule has 0 aliphatic carbocycles. The number of benzene rings is 3. The minimum Gasteiger partial charge on any atom is -0.484 e. The Balaban J connectivity index is 1.50. The number of carbonyl (C=O) groups is 2. The number of alkyl halides is 3. The smallest absolute Gasteiger partial charge is 0.422 e. The molecule has 0 bridgehead atoms. The monoisotopic (exact) mass is 486 g/mol. The molecule has 4 N–H and O–H groups in total. The fourth-order valence-electron chi connectivity index (χ4n) is 2.78. The Kier molecular flexibility index (Phi) is 7.98. The number of carbonyl (C=O) groups excluding carboxylic acids is 2. The highest BCUT2D eigenvalue weighted by Crippen LogP contribution is 2.21. The van der Waals surface area contributed by atoms with Crippen molar-refractivity contribution in [1.82, 2.24) is 0 Å². The summed E-state index contributed by atoms with van der Waals surface area (Å²) in [5.74, 6) is -1.06. The number of nitrogen functional groups attached to an aromatic ring is 2. The molecule has 0 heterocycles. The van der Waals surface area contributed by atoms with Gasteiger partial charge in [0, 0.05) is 23.0 Å². The molecule has 7 nitrogen and oxygen atoms in total. The highest BCUT2D eigenvalue weighted by Gasteiger charge is 2.28. The van der Waals surface area contributed by atoms with Crippen molar-refractivity contribution in [2.75, 3.05) is 18.1 Å². The normalized spacial score (nSPS) is 11.3. The van der Waals surface area contributed by atoms with Gasteiger partial charge in [0.15, 0.2) is 6.61 Å². The molecule has 0 aliphatic heterocycles. The second-order valence-electron chi connectivity index (χ2n) is 7.29. The minimum absolute atomic E-state index is 0.0232. The van der Waals surface area contributed by atoms with Crippen molar-refractivity contribution in [1.29, 1.82) is 0 Å². The molecule has 0 saturated heterocycles. The maximum absolute atomic E-state index is 12.2. The molecule has 0 unspecified atom stereocenters. The summed E-state index contributed by atoms with van der Waals surface area (Å²) in [6.07, 6.45) is -1.69. The Labute approximate surface area is 198 Å². The van der Waals surface area contributed by atoms with Gasteiger partial charge >= 0.3 is 18.1 Å². The Bertz CT molecular complexity index is 1210. The van der Waals surface area contributed by atoms with Gasteiger partial charge in [-0.1, -0.05) is 12.1 Å². The van der Waals surface area contributed by atoms with Crippen LogP contribution in [0.3, 0.4) is 0 Å². The van der Waals surface area contributed by atoms with E-state index >= 15 is 0 Å². The van der Waals surface area contributed by atoms with Crippen LogP contribution in [0.5, 0.6) is 11.5 Å². The van der Waals surface area contributed by atoms with Gasteiger partial charge in [0.25, 0.3) is 0 Å². The molecule has 0 saturated carbocycles. The molecule has 0 spiro atoms. The lowest BCUT2D eigenvalue weighted by atomic mass is 10.2. The molecule has 0 radical (unpaired) electrons. The number of anilines is 2. The van der Waals surface area contributed by atoms with Crippen LogP contribution in [-0.2, 0) is 16.1 Å². The first-order chi connectivity index (χ1) is 16.6. The highest BCUT2D eigenvalue weighted by molar-refractivity contribution is 5.91. The van der Waals surface area contributed by atoms with Crippen molar-refractivity contribution in [3.05, 3.63) is 89.5 Å². The van der Waals surface area contributed by atoms with Gasteiger partial charge < -0.3 is 25.7 Å². The van der Waals surface area contributed by atoms with Crippen LogP contribution in [0.25, 0.3) is 6.08 Å². The predicted molar refractivity (Wildman–Crippen MR) is 123 cm³/mol. The molecule has 3 rings (SSSR count). The summed E-state index contributed by atoms with van der Waals surface area (Å²) in [7, 11) is 0. The van der Waals surface area contributed by atoms with Crippen molar-refractivity contribution in [2.45, 2.75) is 12.8 Å². The topological polar surface area (TPSA) is 114 Å². The van der Waals surface area contributed by atoms with E-state index in [9.17, 15) is 22.8 Å². The first-order valence-corrected chi connectivity index (χ1v) is 10.2. The molecule has 3 aromatic rings. The predicted octanol–water partition coefficient (Wildman–Crippen LogP) is 4.77. The van der Waals surface area contributed by atoms with Crippen LogP contribution >= 0.6 is 0 Å². The Morgan fingerprint density at radius 3 is 2.20 bits per heavy atom. The van der Waals surface area contributed by atoms with E-state index in [-0.39, 0.29) is 23.7 Å². The van der Waals surface area contributed by atoms with Gasteiger partial charge in [0.1, 0.15) is 18.1 Å². The molecule has 0 aliphatic rings. The summed E-state index contributed by atoms with van der Waals surface area (Å²) < 4.78 is 51.6. The number of hydrogen-bond donors (Lipinski definition) is 2. The first-order valence-electron chi connectivity index (χ1n) is 10.2. The lowest BCUT2D eigenvalue weighted by Crippen LogP contribution is -2.19. The lowest BCUT2D eigenvalue weighted by molar-refractivity contribution is -0.153. The zero-order valence-electron chi connectivity index (χ0n) is 18.2. The molecule has 0 fully saturated rings. The van der Waals surface area contributed by atoms with E-state index in [0.29, 0.717) is 22.5 Å². The number of hydrogen-bond acceptors (Lipinski definition) is 7. The highest BCUT2D eigenvalue weighted by atomic mass is 19.4. The van der Waals surface area contributed by atoms with E-state index < -0.39 is 24.7 Å². The Hall–Kier alpha value is -4.47. The first kappa shape index (κ1) is 25.2. The summed E-state index contributed by atoms with van der Waals surface area (Å²) in [5, 5.41) is 0. The molecular weight excluding hydrogens is 465 g/mol. The molecule has 182 valence electrons. The second-order valence-corrected chi connectivity index (χ2v) is 7.29. The van der Waals surface area contributed by atoms with Crippen LogP contribution in [-0.4, -0.2) is 24.7 Å². The van der Waals surface area contributed by atoms with Crippen LogP contribution in [0.2, 0.25) is 0 Å². The van der Waals surface area contributed by atoms with Crippen molar-refractivity contribution in [2.24, 2.45) is 0 Å². The fraction of sp³-hybridized carbons (Fsp3) is 0.120. The van der Waals surface area contributed by atoms with E-state index in [1.54, 1.807) is 30.3 Å². The molecule has 3 aromatic carbocycles. The van der Waals surface area contributed by atoms with Gasteiger partial charge in [-0.15, -0.1) is 0 Å². The second kappa shape index (κ2) is 11.1. The summed E-state index contributed by atoms with van der Waals surface area (Å²) in [6, 6.07) is 16.3. The molecule has 35 heavy (non-hydrogen) atoms. The number of ether oxygens (including phenoxy) is 3. The summed E-state index contributed by atoms with van der Waals surface area (Å²) in [4.78, 5) is 24.2. The summed E-state index contributed by atoms with van der Waals surface area (Å²) in [5.41, 5.74) is 13.9. The maximum atomic E-state index is 12.2. The Morgan fingerprint density at radius 2 is 1.54 bits per heavy atom. The van der Waals surface area contributed by atoms with Gasteiger partial charge in [-0.2, -0.15) is 13.2 Å². The van der Waals surface area contributed by atoms with Crippen molar-refractivity contribution >= 4 is 29.4 Å². The van der Waals surface area contributed by atoms with E-state index in [4.69, 9.17) is 20.9 Å². The maximum Gasteiger partial charge on any atom is 0.422 e. The van der Waals surface area contributed by atoms with Crippen LogP contribution in [0.15, 0.2) is 72.8 Å². The average Bonchev–Trinajstić information content (AvgIpc) is 2.82. The largest absolute Gasteiger partial charge is 0.484 e. The quantitative estimate of drug-likeness (QED) is 0.204. The molecule has 10 heteroatoms. The lowest BCUT2D eigenvalue weighted by Gasteiger charge is -2.09. The number of halogens is 3. The summed E-state index contributed by atoms with van der Waals surface area (Å²) in [6.45, 7) is -1.45. The number of rotatable bonds is 8.